The molecular formula is C17H22ClNO2. The molecule has 1 aromatic carbocycles. The van der Waals surface area contributed by atoms with Crippen molar-refractivity contribution in [1.29, 1.82) is 0 Å². The maximum Gasteiger partial charge on any atom is 0.227 e. The molecule has 1 aliphatic heterocycles. The number of nitrogens with one attached hydrogen (secondary N) is 1. The number of amides is 1. The molecule has 0 saturated heterocycles. The Bertz CT molecular complexity index is 511. The van der Waals surface area contributed by atoms with Gasteiger partial charge in [-0.3, -0.25) is 4.79 Å². The molecule has 1 fully saturated rings. The van der Waals surface area contributed by atoms with Crippen LogP contribution in [0.3, 0.4) is 0 Å². The summed E-state index contributed by atoms with van der Waals surface area (Å²) in [6.45, 7) is 0.460. The van der Waals surface area contributed by atoms with E-state index in [9.17, 15) is 4.79 Å². The third-order valence-electron chi connectivity index (χ3n) is 4.70. The largest absolute Gasteiger partial charge is 0.492 e. The van der Waals surface area contributed by atoms with Crippen molar-refractivity contribution in [2.75, 3.05) is 12.5 Å². The van der Waals surface area contributed by atoms with Crippen LogP contribution in [0.25, 0.3) is 0 Å². The number of para-hydroxylation sites is 1. The van der Waals surface area contributed by atoms with Gasteiger partial charge in [-0.05, 0) is 30.9 Å². The number of halogens is 1. The Morgan fingerprint density at radius 3 is 2.81 bits per heavy atom. The van der Waals surface area contributed by atoms with Crippen LogP contribution in [-0.4, -0.2) is 23.9 Å². The summed E-state index contributed by atoms with van der Waals surface area (Å²) in [6, 6.07) is 7.95. The zero-order valence-electron chi connectivity index (χ0n) is 12.2. The Labute approximate surface area is 131 Å². The number of ether oxygens (including phenoxy) is 1. The first-order valence-electron chi connectivity index (χ1n) is 7.81. The van der Waals surface area contributed by atoms with Gasteiger partial charge in [0.2, 0.25) is 5.91 Å². The summed E-state index contributed by atoms with van der Waals surface area (Å²) in [5, 5.41) is 3.23. The molecule has 1 aromatic rings. The average Bonchev–Trinajstić information content (AvgIpc) is 2.55. The molecule has 0 bridgehead atoms. The van der Waals surface area contributed by atoms with Gasteiger partial charge in [-0.2, -0.15) is 0 Å². The third-order valence-corrected chi connectivity index (χ3v) is 5.22. The van der Waals surface area contributed by atoms with E-state index in [1.165, 1.54) is 6.42 Å². The molecule has 1 heterocycles. The van der Waals surface area contributed by atoms with Crippen LogP contribution in [-0.2, 0) is 11.2 Å². The van der Waals surface area contributed by atoms with E-state index >= 15 is 0 Å². The Morgan fingerprint density at radius 1 is 1.29 bits per heavy atom. The van der Waals surface area contributed by atoms with Gasteiger partial charge in [-0.25, -0.2) is 0 Å². The van der Waals surface area contributed by atoms with Gasteiger partial charge >= 0.3 is 0 Å². The van der Waals surface area contributed by atoms with Gasteiger partial charge in [0.25, 0.3) is 0 Å². The lowest BCUT2D eigenvalue weighted by atomic mass is 9.82. The lowest BCUT2D eigenvalue weighted by Gasteiger charge is -2.38. The first kappa shape index (κ1) is 14.7. The number of alkyl halides is 1. The Morgan fingerprint density at radius 2 is 2.05 bits per heavy atom. The molecule has 3 nitrogen and oxygen atoms in total. The summed E-state index contributed by atoms with van der Waals surface area (Å²) in [5.74, 6) is 1.39. The molecule has 0 radical (unpaired) electrons. The molecule has 1 amide bonds. The Hall–Kier alpha value is -1.22. The summed E-state index contributed by atoms with van der Waals surface area (Å²) in [4.78, 5) is 12.6. The second-order valence-electron chi connectivity index (χ2n) is 6.28. The summed E-state index contributed by atoms with van der Waals surface area (Å²) in [6.07, 6.45) is 6.28. The molecule has 1 unspecified atom stereocenters. The molecule has 0 spiro atoms. The molecule has 1 atom stereocenters. The monoisotopic (exact) mass is 307 g/mol. The van der Waals surface area contributed by atoms with Crippen molar-refractivity contribution in [3.05, 3.63) is 29.8 Å². The van der Waals surface area contributed by atoms with Crippen LogP contribution >= 0.6 is 11.6 Å². The van der Waals surface area contributed by atoms with Crippen LogP contribution in [0, 0.1) is 5.92 Å². The van der Waals surface area contributed by atoms with Crippen LogP contribution in [0.1, 0.15) is 37.7 Å². The predicted molar refractivity (Wildman–Crippen MR) is 83.8 cm³/mol. The van der Waals surface area contributed by atoms with E-state index in [1.54, 1.807) is 0 Å². The van der Waals surface area contributed by atoms with Gasteiger partial charge in [0.1, 0.15) is 12.4 Å². The van der Waals surface area contributed by atoms with E-state index in [1.807, 2.05) is 24.3 Å². The van der Waals surface area contributed by atoms with E-state index in [2.05, 4.69) is 5.32 Å². The average molecular weight is 308 g/mol. The summed E-state index contributed by atoms with van der Waals surface area (Å²) in [5.41, 5.74) is 0.917. The van der Waals surface area contributed by atoms with Crippen LogP contribution in [0.15, 0.2) is 24.3 Å². The van der Waals surface area contributed by atoms with Crippen molar-refractivity contribution < 1.29 is 9.53 Å². The van der Waals surface area contributed by atoms with Crippen molar-refractivity contribution in [1.82, 2.24) is 5.32 Å². The highest BCUT2D eigenvalue weighted by Crippen LogP contribution is 2.31. The van der Waals surface area contributed by atoms with Gasteiger partial charge in [0.05, 0.1) is 11.5 Å². The number of fused-ring (bicyclic) bond motifs is 1. The van der Waals surface area contributed by atoms with Crippen molar-refractivity contribution in [2.45, 2.75) is 44.1 Å². The number of carbonyl (C=O) groups excluding carboxylic acids is 1. The quantitative estimate of drug-likeness (QED) is 0.870. The van der Waals surface area contributed by atoms with Gasteiger partial charge in [0.15, 0.2) is 0 Å². The molecule has 3 rings (SSSR count). The Kier molecular flexibility index (Phi) is 4.39. The number of hydrogen-bond donors (Lipinski definition) is 1. The van der Waals surface area contributed by atoms with Crippen molar-refractivity contribution in [3.63, 3.8) is 0 Å². The van der Waals surface area contributed by atoms with Crippen LogP contribution < -0.4 is 10.1 Å². The zero-order valence-corrected chi connectivity index (χ0v) is 13.0. The first-order chi connectivity index (χ1) is 10.2. The van der Waals surface area contributed by atoms with E-state index in [0.717, 1.165) is 43.4 Å². The summed E-state index contributed by atoms with van der Waals surface area (Å²) < 4.78 is 5.72. The molecule has 1 saturated carbocycles. The van der Waals surface area contributed by atoms with Crippen molar-refractivity contribution in [3.8, 4) is 5.75 Å². The van der Waals surface area contributed by atoms with Gasteiger partial charge in [-0.1, -0.05) is 37.5 Å². The SMILES string of the molecule is O=C(NC1(CCl)CCCCC1)C1COc2ccccc2C1. The van der Waals surface area contributed by atoms with Gasteiger partial charge < -0.3 is 10.1 Å². The minimum absolute atomic E-state index is 0.0899. The molecular weight excluding hydrogens is 286 g/mol. The fraction of sp³-hybridized carbons (Fsp3) is 0.588. The molecule has 21 heavy (non-hydrogen) atoms. The molecule has 2 aliphatic rings. The highest BCUT2D eigenvalue weighted by Gasteiger charge is 2.35. The van der Waals surface area contributed by atoms with Crippen molar-refractivity contribution >= 4 is 17.5 Å². The fourth-order valence-corrected chi connectivity index (χ4v) is 3.71. The normalized spacial score (nSPS) is 23.8. The standard InChI is InChI=1S/C17H22ClNO2/c18-12-17(8-4-1-5-9-17)19-16(20)14-10-13-6-2-3-7-15(13)21-11-14/h2-3,6-7,14H,1,4-5,8-12H2,(H,19,20). The van der Waals surface area contributed by atoms with E-state index < -0.39 is 0 Å². The number of benzene rings is 1. The maximum absolute atomic E-state index is 12.6. The smallest absolute Gasteiger partial charge is 0.227 e. The minimum atomic E-state index is -0.201. The maximum atomic E-state index is 12.6. The topological polar surface area (TPSA) is 38.3 Å². The van der Waals surface area contributed by atoms with Gasteiger partial charge in [0, 0.05) is 5.88 Å². The number of rotatable bonds is 3. The number of carbonyl (C=O) groups is 1. The fourth-order valence-electron chi connectivity index (χ4n) is 3.38. The van der Waals surface area contributed by atoms with Crippen LogP contribution in [0.4, 0.5) is 0 Å². The molecule has 114 valence electrons. The lowest BCUT2D eigenvalue weighted by Crippen LogP contribution is -2.54. The van der Waals surface area contributed by atoms with Crippen LogP contribution in [0.2, 0.25) is 0 Å². The molecule has 1 N–H and O–H groups in total. The highest BCUT2D eigenvalue weighted by molar-refractivity contribution is 6.18. The zero-order chi connectivity index (χ0) is 14.7. The van der Waals surface area contributed by atoms with Gasteiger partial charge in [-0.15, -0.1) is 11.6 Å². The predicted octanol–water partition coefficient (Wildman–Crippen LogP) is 3.30. The summed E-state index contributed by atoms with van der Waals surface area (Å²) >= 11 is 6.16. The van der Waals surface area contributed by atoms with Crippen molar-refractivity contribution in [2.24, 2.45) is 5.92 Å². The summed E-state index contributed by atoms with van der Waals surface area (Å²) in [7, 11) is 0. The van der Waals surface area contributed by atoms with E-state index in [0.29, 0.717) is 12.5 Å². The molecule has 4 heteroatoms. The Balaban J connectivity index is 1.66. The molecule has 0 aromatic heterocycles. The van der Waals surface area contributed by atoms with Crippen LogP contribution in [0.5, 0.6) is 5.75 Å². The first-order valence-corrected chi connectivity index (χ1v) is 8.35. The third kappa shape index (κ3) is 3.18. The second-order valence-corrected chi connectivity index (χ2v) is 6.55. The molecule has 1 aliphatic carbocycles. The number of hydrogen-bond acceptors (Lipinski definition) is 2. The van der Waals surface area contributed by atoms with E-state index in [4.69, 9.17) is 16.3 Å². The van der Waals surface area contributed by atoms with E-state index in [-0.39, 0.29) is 17.4 Å². The second kappa shape index (κ2) is 6.27. The lowest BCUT2D eigenvalue weighted by molar-refractivity contribution is -0.128. The minimum Gasteiger partial charge on any atom is -0.492 e. The highest BCUT2D eigenvalue weighted by atomic mass is 35.5.